The minimum Gasteiger partial charge on any atom is -0.152 e. The van der Waals surface area contributed by atoms with E-state index < -0.39 is 0 Å². The Hall–Kier alpha value is -1.34. The third-order valence-corrected chi connectivity index (χ3v) is 2.94. The first-order valence-electron chi connectivity index (χ1n) is 4.57. The molecule has 0 aliphatic carbocycles. The maximum Gasteiger partial charge on any atom is -0.00145 e. The Morgan fingerprint density at radius 1 is 1.29 bits per heavy atom. The predicted octanol–water partition coefficient (Wildman–Crippen LogP) is 4.37. The van der Waals surface area contributed by atoms with Gasteiger partial charge >= 0.3 is 0 Å². The molecule has 1 heteroatoms. The van der Waals surface area contributed by atoms with Crippen LogP contribution in [0, 0.1) is 6.92 Å². The van der Waals surface area contributed by atoms with Crippen LogP contribution in [-0.2, 0) is 0 Å². The normalized spacial score (nSPS) is 10.1. The third kappa shape index (κ3) is 1.64. The van der Waals surface area contributed by atoms with Crippen molar-refractivity contribution in [3.8, 4) is 11.1 Å². The van der Waals surface area contributed by atoms with Crippen molar-refractivity contribution in [1.82, 2.24) is 0 Å². The van der Waals surface area contributed by atoms with Crippen molar-refractivity contribution in [2.45, 2.75) is 6.92 Å². The van der Waals surface area contributed by atoms with Crippen LogP contribution in [-0.4, -0.2) is 0 Å². The maximum absolute atomic E-state index is 3.83. The molecule has 70 valence electrons. The maximum atomic E-state index is 3.83. The summed E-state index contributed by atoms with van der Waals surface area (Å²) in [4.78, 5) is 0. The predicted molar refractivity (Wildman–Crippen MR) is 64.6 cm³/mol. The van der Waals surface area contributed by atoms with E-state index in [2.05, 4.69) is 48.5 Å². The van der Waals surface area contributed by atoms with Gasteiger partial charge in [-0.2, -0.15) is 11.3 Å². The summed E-state index contributed by atoms with van der Waals surface area (Å²) in [6, 6.07) is 8.59. The van der Waals surface area contributed by atoms with Crippen LogP contribution in [0.4, 0.5) is 0 Å². The van der Waals surface area contributed by atoms with Crippen LogP contribution in [0.2, 0.25) is 0 Å². The average molecular weight is 200 g/mol. The molecule has 0 fully saturated rings. The second-order valence-electron chi connectivity index (χ2n) is 3.31. The molecule has 1 aromatic carbocycles. The van der Waals surface area contributed by atoms with Gasteiger partial charge in [-0.25, -0.2) is 0 Å². The second-order valence-corrected chi connectivity index (χ2v) is 4.09. The van der Waals surface area contributed by atoms with Gasteiger partial charge in [0.15, 0.2) is 0 Å². The van der Waals surface area contributed by atoms with E-state index >= 15 is 0 Å². The Bertz CT molecular complexity index is 438. The second kappa shape index (κ2) is 3.81. The molecular formula is C13H12S. The Kier molecular flexibility index (Phi) is 2.51. The van der Waals surface area contributed by atoms with Crippen LogP contribution in [0.1, 0.15) is 11.1 Å². The van der Waals surface area contributed by atoms with Crippen molar-refractivity contribution in [2.75, 3.05) is 0 Å². The summed E-state index contributed by atoms with van der Waals surface area (Å²) in [6.07, 6.45) is 1.91. The highest BCUT2D eigenvalue weighted by atomic mass is 32.1. The standard InChI is InChI=1S/C13H12S/c1-3-11-5-4-10(2)8-13(11)12-6-7-14-9-12/h3-9H,1H2,2H3. The number of hydrogen-bond acceptors (Lipinski definition) is 1. The van der Waals surface area contributed by atoms with Crippen molar-refractivity contribution >= 4 is 17.4 Å². The van der Waals surface area contributed by atoms with Gasteiger partial charge in [-0.1, -0.05) is 36.4 Å². The largest absolute Gasteiger partial charge is 0.152 e. The first-order valence-corrected chi connectivity index (χ1v) is 5.51. The Balaban J connectivity index is 2.61. The summed E-state index contributed by atoms with van der Waals surface area (Å²) in [5.74, 6) is 0. The van der Waals surface area contributed by atoms with E-state index in [4.69, 9.17) is 0 Å². The molecule has 0 saturated carbocycles. The molecule has 0 nitrogen and oxygen atoms in total. The van der Waals surface area contributed by atoms with Gasteiger partial charge in [-0.05, 0) is 40.4 Å². The molecule has 14 heavy (non-hydrogen) atoms. The third-order valence-electron chi connectivity index (χ3n) is 2.26. The fourth-order valence-corrected chi connectivity index (χ4v) is 2.17. The summed E-state index contributed by atoms with van der Waals surface area (Å²) in [5, 5.41) is 4.27. The zero-order valence-electron chi connectivity index (χ0n) is 8.16. The van der Waals surface area contributed by atoms with Crippen LogP contribution in [0.3, 0.4) is 0 Å². The lowest BCUT2D eigenvalue weighted by Crippen LogP contribution is -1.82. The first-order chi connectivity index (χ1) is 6.81. The van der Waals surface area contributed by atoms with E-state index in [1.54, 1.807) is 11.3 Å². The van der Waals surface area contributed by atoms with Crippen LogP contribution < -0.4 is 0 Å². The van der Waals surface area contributed by atoms with Gasteiger partial charge in [0, 0.05) is 0 Å². The molecule has 2 aromatic rings. The van der Waals surface area contributed by atoms with E-state index in [0.29, 0.717) is 0 Å². The molecule has 0 unspecified atom stereocenters. The zero-order valence-corrected chi connectivity index (χ0v) is 8.97. The lowest BCUT2D eigenvalue weighted by atomic mass is 10.00. The van der Waals surface area contributed by atoms with Gasteiger partial charge in [-0.15, -0.1) is 0 Å². The number of hydrogen-bond donors (Lipinski definition) is 0. The monoisotopic (exact) mass is 200 g/mol. The highest BCUT2D eigenvalue weighted by molar-refractivity contribution is 7.08. The highest BCUT2D eigenvalue weighted by Gasteiger charge is 2.02. The van der Waals surface area contributed by atoms with Crippen LogP contribution >= 0.6 is 11.3 Å². The molecule has 1 heterocycles. The fourth-order valence-electron chi connectivity index (χ4n) is 1.52. The molecule has 0 spiro atoms. The lowest BCUT2D eigenvalue weighted by Gasteiger charge is -2.05. The van der Waals surface area contributed by atoms with Crippen LogP contribution in [0.5, 0.6) is 0 Å². The molecule has 1 aromatic heterocycles. The van der Waals surface area contributed by atoms with Crippen LogP contribution in [0.15, 0.2) is 41.6 Å². The minimum absolute atomic E-state index is 1.20. The molecule has 0 aliphatic rings. The molecule has 0 amide bonds. The Morgan fingerprint density at radius 3 is 2.79 bits per heavy atom. The minimum atomic E-state index is 1.20. The van der Waals surface area contributed by atoms with Crippen molar-refractivity contribution in [3.05, 3.63) is 52.7 Å². The van der Waals surface area contributed by atoms with Crippen molar-refractivity contribution in [3.63, 3.8) is 0 Å². The molecule has 0 bridgehead atoms. The Labute approximate surface area is 88.5 Å². The molecule has 0 N–H and O–H groups in total. The summed E-state index contributed by atoms with van der Waals surface area (Å²) < 4.78 is 0. The number of aryl methyl sites for hydroxylation is 1. The van der Waals surface area contributed by atoms with Gasteiger partial charge in [0.2, 0.25) is 0 Å². The smallest absolute Gasteiger partial charge is 0.00145 e. The Morgan fingerprint density at radius 2 is 2.14 bits per heavy atom. The number of benzene rings is 1. The topological polar surface area (TPSA) is 0 Å². The van der Waals surface area contributed by atoms with Gasteiger partial charge in [0.25, 0.3) is 0 Å². The summed E-state index contributed by atoms with van der Waals surface area (Å²) in [5.41, 5.74) is 5.06. The van der Waals surface area contributed by atoms with Gasteiger partial charge in [0.05, 0.1) is 0 Å². The van der Waals surface area contributed by atoms with Gasteiger partial charge in [0.1, 0.15) is 0 Å². The molecule has 0 radical (unpaired) electrons. The lowest BCUT2D eigenvalue weighted by molar-refractivity contribution is 1.46. The summed E-state index contributed by atoms with van der Waals surface area (Å²) >= 11 is 1.73. The van der Waals surface area contributed by atoms with Crippen molar-refractivity contribution in [2.24, 2.45) is 0 Å². The van der Waals surface area contributed by atoms with E-state index in [1.807, 2.05) is 6.08 Å². The molecular weight excluding hydrogens is 188 g/mol. The molecule has 0 saturated heterocycles. The van der Waals surface area contributed by atoms with E-state index in [9.17, 15) is 0 Å². The fraction of sp³-hybridized carbons (Fsp3) is 0.0769. The summed E-state index contributed by atoms with van der Waals surface area (Å²) in [7, 11) is 0. The van der Waals surface area contributed by atoms with E-state index in [1.165, 1.54) is 22.3 Å². The average Bonchev–Trinajstić information content (AvgIpc) is 2.70. The van der Waals surface area contributed by atoms with E-state index in [0.717, 1.165) is 0 Å². The zero-order chi connectivity index (χ0) is 9.97. The SMILES string of the molecule is C=Cc1ccc(C)cc1-c1ccsc1. The number of rotatable bonds is 2. The van der Waals surface area contributed by atoms with Gasteiger partial charge < -0.3 is 0 Å². The molecule has 2 rings (SSSR count). The first kappa shape index (κ1) is 9.22. The number of thiophene rings is 1. The molecule has 0 atom stereocenters. The van der Waals surface area contributed by atoms with Crippen LogP contribution in [0.25, 0.3) is 17.2 Å². The van der Waals surface area contributed by atoms with Gasteiger partial charge in [-0.3, -0.25) is 0 Å². The summed E-state index contributed by atoms with van der Waals surface area (Å²) in [6.45, 7) is 5.95. The van der Waals surface area contributed by atoms with E-state index in [-0.39, 0.29) is 0 Å². The quantitative estimate of drug-likeness (QED) is 0.675. The highest BCUT2D eigenvalue weighted by Crippen LogP contribution is 2.27. The van der Waals surface area contributed by atoms with Crippen molar-refractivity contribution < 1.29 is 0 Å². The molecule has 0 aliphatic heterocycles. The van der Waals surface area contributed by atoms with Crippen molar-refractivity contribution in [1.29, 1.82) is 0 Å².